The lowest BCUT2D eigenvalue weighted by molar-refractivity contribution is -0.193. The van der Waals surface area contributed by atoms with Crippen molar-refractivity contribution in [3.05, 3.63) is 107 Å². The van der Waals surface area contributed by atoms with E-state index in [1.807, 2.05) is 37.3 Å². The molecule has 0 saturated heterocycles. The van der Waals surface area contributed by atoms with Crippen molar-refractivity contribution in [2.24, 2.45) is 37.2 Å². The fourth-order valence-corrected chi connectivity index (χ4v) is 4.11. The summed E-state index contributed by atoms with van der Waals surface area (Å²) in [6.07, 6.45) is 5.25. The second-order valence-electron chi connectivity index (χ2n) is 9.48. The molecule has 2 heterocycles. The molecule has 1 aliphatic rings. The summed E-state index contributed by atoms with van der Waals surface area (Å²) in [4.78, 5) is 16.9. The van der Waals surface area contributed by atoms with Gasteiger partial charge in [-0.3, -0.25) is 9.98 Å². The Kier molecular flexibility index (Phi) is 9.93. The molecule has 0 spiro atoms. The number of nitrogens with zero attached hydrogens (tertiary/aromatic N) is 6. The van der Waals surface area contributed by atoms with Gasteiger partial charge in [0.25, 0.3) is 0 Å². The van der Waals surface area contributed by atoms with Gasteiger partial charge in [0, 0.05) is 24.3 Å². The van der Waals surface area contributed by atoms with E-state index in [-0.39, 0.29) is 11.7 Å². The Hall–Kier alpha value is -4.98. The molecular weight excluding hydrogens is 570 g/mol. The van der Waals surface area contributed by atoms with Crippen LogP contribution in [0.25, 0.3) is 0 Å². The van der Waals surface area contributed by atoms with Crippen LogP contribution in [0.4, 0.5) is 17.6 Å². The van der Waals surface area contributed by atoms with Gasteiger partial charge < -0.3 is 20.5 Å². The first-order chi connectivity index (χ1) is 20.6. The maximum absolute atomic E-state index is 15.8. The number of nitrogens with two attached hydrogens (primary N) is 1. The predicted octanol–water partition coefficient (Wildman–Crippen LogP) is 5.60. The number of halogens is 4. The highest BCUT2D eigenvalue weighted by atomic mass is 19.3. The van der Waals surface area contributed by atoms with Crippen LogP contribution in [0, 0.1) is 17.6 Å². The molecule has 1 aromatic heterocycles. The van der Waals surface area contributed by atoms with E-state index in [0.717, 1.165) is 29.5 Å². The first kappa shape index (κ1) is 31.0. The molecule has 224 valence electrons. The summed E-state index contributed by atoms with van der Waals surface area (Å²) in [6.45, 7) is 1.18. The predicted molar refractivity (Wildman–Crippen MR) is 150 cm³/mol. The Morgan fingerprint density at radius 3 is 2.58 bits per heavy atom. The molecule has 0 aliphatic carbocycles. The molecule has 0 saturated carbocycles. The van der Waals surface area contributed by atoms with E-state index < -0.39 is 41.0 Å². The molecule has 2 atom stereocenters. The Bertz CT molecular complexity index is 1550. The van der Waals surface area contributed by atoms with Crippen molar-refractivity contribution >= 4 is 18.5 Å². The molecule has 1 aliphatic heterocycles. The minimum atomic E-state index is -4.21. The van der Waals surface area contributed by atoms with Crippen molar-refractivity contribution in [2.75, 3.05) is 6.54 Å². The second-order valence-corrected chi connectivity index (χ2v) is 9.48. The van der Waals surface area contributed by atoms with Gasteiger partial charge >= 0.3 is 5.92 Å². The van der Waals surface area contributed by atoms with Crippen LogP contribution >= 0.6 is 0 Å². The van der Waals surface area contributed by atoms with E-state index in [0.29, 0.717) is 37.4 Å². The number of rotatable bonds is 11. The maximum atomic E-state index is 15.8. The van der Waals surface area contributed by atoms with E-state index in [1.165, 1.54) is 6.07 Å². The fraction of sp³-hybridized carbons (Fsp3) is 0.241. The van der Waals surface area contributed by atoms with Gasteiger partial charge in [-0.1, -0.05) is 47.6 Å². The Balaban J connectivity index is 1.48. The van der Waals surface area contributed by atoms with Crippen LogP contribution in [0.15, 0.2) is 104 Å². The van der Waals surface area contributed by atoms with Crippen LogP contribution in [0.5, 0.6) is 5.75 Å². The lowest BCUT2D eigenvalue weighted by atomic mass is 9.84. The zero-order chi connectivity index (χ0) is 30.9. The van der Waals surface area contributed by atoms with Crippen LogP contribution < -0.4 is 10.6 Å². The summed E-state index contributed by atoms with van der Waals surface area (Å²) >= 11 is 0. The van der Waals surface area contributed by atoms with Crippen LogP contribution in [-0.4, -0.2) is 35.1 Å². The van der Waals surface area contributed by atoms with Gasteiger partial charge in [0.2, 0.25) is 0 Å². The summed E-state index contributed by atoms with van der Waals surface area (Å²) in [6, 6.07) is 13.5. The standard InChI is InChI=1S/C29H27F4N7O3/c1-19-11-27(37-13-21(19)14-39-42-16-20-5-3-2-4-6-20)43-23-8-10-26(36-15-23)29(32,33)28(41,17-35-18-38-40-34)24-9-7-22(30)12-25(24)31/h2-10,12-15,18-19,41H,11,16-17H2,1H3,(H2,34,35,38)/b39-14+. The molecule has 3 aromatic rings. The SMILES string of the molecule is CC1CC(Oc2ccc(C(F)(F)C(O)(CN=CN=NN)c3ccc(F)cc3F)nc2)=NC=C1/C=N/OCc1ccccc1. The minimum absolute atomic E-state index is 0.0342. The number of hydrogen-bond acceptors (Lipinski definition) is 8. The van der Waals surface area contributed by atoms with E-state index in [9.17, 15) is 13.9 Å². The summed E-state index contributed by atoms with van der Waals surface area (Å²) < 4.78 is 65.3. The molecule has 2 unspecified atom stereocenters. The number of ether oxygens (including phenoxy) is 1. The van der Waals surface area contributed by atoms with E-state index in [1.54, 1.807) is 12.4 Å². The molecule has 43 heavy (non-hydrogen) atoms. The van der Waals surface area contributed by atoms with E-state index in [4.69, 9.17) is 15.4 Å². The first-order valence-electron chi connectivity index (χ1n) is 12.9. The molecule has 0 amide bonds. The number of aliphatic imine (C=N–C) groups is 2. The number of aromatic nitrogens is 1. The number of hydrogen-bond donors (Lipinski definition) is 2. The molecule has 4 rings (SSSR count). The van der Waals surface area contributed by atoms with E-state index >= 15 is 8.78 Å². The molecule has 0 radical (unpaired) electrons. The molecule has 0 fully saturated rings. The number of allylic oxidation sites excluding steroid dienone is 1. The number of aliphatic hydroxyl groups is 1. The average molecular weight is 598 g/mol. The van der Waals surface area contributed by atoms with Gasteiger partial charge in [0.1, 0.15) is 36.0 Å². The van der Waals surface area contributed by atoms with Crippen LogP contribution in [0.3, 0.4) is 0 Å². The Labute approximate surface area is 244 Å². The highest BCUT2D eigenvalue weighted by molar-refractivity contribution is 5.86. The third kappa shape index (κ3) is 7.46. The number of alkyl halides is 2. The molecule has 0 bridgehead atoms. The van der Waals surface area contributed by atoms with Crippen molar-refractivity contribution in [3.8, 4) is 5.75 Å². The third-order valence-electron chi connectivity index (χ3n) is 6.47. The monoisotopic (exact) mass is 597 g/mol. The number of benzene rings is 2. The highest BCUT2D eigenvalue weighted by Gasteiger charge is 2.57. The van der Waals surface area contributed by atoms with Gasteiger partial charge in [-0.05, 0) is 41.3 Å². The summed E-state index contributed by atoms with van der Waals surface area (Å²) in [5.41, 5.74) is -3.32. The zero-order valence-corrected chi connectivity index (χ0v) is 22.8. The summed E-state index contributed by atoms with van der Waals surface area (Å²) in [5.74, 6) is -1.40. The fourth-order valence-electron chi connectivity index (χ4n) is 4.11. The molecule has 2 aromatic carbocycles. The second kappa shape index (κ2) is 13.8. The van der Waals surface area contributed by atoms with Gasteiger partial charge in [0.15, 0.2) is 11.5 Å². The highest BCUT2D eigenvalue weighted by Crippen LogP contribution is 2.46. The Morgan fingerprint density at radius 1 is 1.12 bits per heavy atom. The zero-order valence-electron chi connectivity index (χ0n) is 22.8. The third-order valence-corrected chi connectivity index (χ3v) is 6.47. The Morgan fingerprint density at radius 2 is 1.91 bits per heavy atom. The molecular formula is C29H27F4N7O3. The number of oxime groups is 1. The topological polar surface area (TPSA) is 139 Å². The van der Waals surface area contributed by atoms with Crippen molar-refractivity contribution < 1.29 is 32.2 Å². The van der Waals surface area contributed by atoms with Crippen molar-refractivity contribution in [1.82, 2.24) is 4.98 Å². The van der Waals surface area contributed by atoms with Crippen molar-refractivity contribution in [2.45, 2.75) is 31.5 Å². The quantitative estimate of drug-likeness (QED) is 0.0740. The van der Waals surface area contributed by atoms with Crippen LogP contribution in [0.2, 0.25) is 0 Å². The van der Waals surface area contributed by atoms with Crippen molar-refractivity contribution in [3.63, 3.8) is 0 Å². The lowest BCUT2D eigenvalue weighted by Gasteiger charge is -2.34. The van der Waals surface area contributed by atoms with Gasteiger partial charge in [0.05, 0.1) is 19.0 Å². The first-order valence-corrected chi connectivity index (χ1v) is 12.9. The summed E-state index contributed by atoms with van der Waals surface area (Å²) in [5, 5.41) is 21.2. The van der Waals surface area contributed by atoms with Crippen LogP contribution in [-0.2, 0) is 23.0 Å². The minimum Gasteiger partial charge on any atom is -0.441 e. The van der Waals surface area contributed by atoms with E-state index in [2.05, 4.69) is 30.5 Å². The van der Waals surface area contributed by atoms with Crippen LogP contribution in [0.1, 0.15) is 30.2 Å². The normalized spacial score (nSPS) is 17.2. The largest absolute Gasteiger partial charge is 0.441 e. The smallest absolute Gasteiger partial charge is 0.323 e. The van der Waals surface area contributed by atoms with Gasteiger partial charge in [-0.25, -0.2) is 13.8 Å². The average Bonchev–Trinajstić information content (AvgIpc) is 2.99. The molecule has 10 nitrogen and oxygen atoms in total. The molecule has 14 heteroatoms. The van der Waals surface area contributed by atoms with Gasteiger partial charge in [-0.15, -0.1) is 5.11 Å². The number of pyridine rings is 1. The summed E-state index contributed by atoms with van der Waals surface area (Å²) in [7, 11) is 0. The maximum Gasteiger partial charge on any atom is 0.323 e. The van der Waals surface area contributed by atoms with Gasteiger partial charge in [-0.2, -0.15) is 8.78 Å². The lowest BCUT2D eigenvalue weighted by Crippen LogP contribution is -2.47. The van der Waals surface area contributed by atoms with Crippen molar-refractivity contribution in [1.29, 1.82) is 0 Å². The molecule has 3 N–H and O–H groups in total.